The first kappa shape index (κ1) is 18.7. The molecule has 0 radical (unpaired) electrons. The highest BCUT2D eigenvalue weighted by atomic mass is 16.5. The average Bonchev–Trinajstić information content (AvgIpc) is 3.02. The number of aromatic nitrogens is 2. The fourth-order valence-corrected chi connectivity index (χ4v) is 3.20. The first-order chi connectivity index (χ1) is 14.3. The van der Waals surface area contributed by atoms with Crippen LogP contribution in [0.4, 0.5) is 5.82 Å². The maximum Gasteiger partial charge on any atom is 0.153 e. The molecule has 4 rings (SSSR count). The summed E-state index contributed by atoms with van der Waals surface area (Å²) in [6.07, 6.45) is 8.88. The lowest BCUT2D eigenvalue weighted by Crippen LogP contribution is -2.08. The van der Waals surface area contributed by atoms with Crippen LogP contribution in [0.5, 0.6) is 11.5 Å². The summed E-state index contributed by atoms with van der Waals surface area (Å²) in [6, 6.07) is 15.9. The van der Waals surface area contributed by atoms with Gasteiger partial charge in [-0.15, -0.1) is 0 Å². The molecule has 0 unspecified atom stereocenters. The Bertz CT molecular complexity index is 1060. The quantitative estimate of drug-likeness (QED) is 0.654. The van der Waals surface area contributed by atoms with Crippen molar-refractivity contribution in [2.75, 3.05) is 19.5 Å². The van der Waals surface area contributed by atoms with Gasteiger partial charge in [-0.05, 0) is 35.9 Å². The van der Waals surface area contributed by atoms with Crippen LogP contribution in [0.25, 0.3) is 17.3 Å². The van der Waals surface area contributed by atoms with E-state index in [1.807, 2.05) is 66.8 Å². The minimum Gasteiger partial charge on any atom is -0.497 e. The monoisotopic (exact) mass is 385 g/mol. The summed E-state index contributed by atoms with van der Waals surface area (Å²) in [5.74, 6) is 2.39. The van der Waals surface area contributed by atoms with Gasteiger partial charge in [0.15, 0.2) is 5.82 Å². The van der Waals surface area contributed by atoms with Gasteiger partial charge in [0.1, 0.15) is 17.2 Å². The molecule has 0 fully saturated rings. The first-order valence-corrected chi connectivity index (χ1v) is 9.52. The molecule has 0 amide bonds. The van der Waals surface area contributed by atoms with Crippen molar-refractivity contribution in [2.24, 2.45) is 0 Å². The number of allylic oxidation sites excluding steroid dienone is 3. The highest BCUT2D eigenvalue weighted by Crippen LogP contribution is 2.30. The van der Waals surface area contributed by atoms with E-state index in [9.17, 15) is 0 Å². The van der Waals surface area contributed by atoms with Gasteiger partial charge in [-0.25, -0.2) is 9.97 Å². The lowest BCUT2D eigenvalue weighted by molar-refractivity contribution is 0.414. The Hall–Kier alpha value is -3.60. The van der Waals surface area contributed by atoms with Gasteiger partial charge in [-0.2, -0.15) is 0 Å². The highest BCUT2D eigenvalue weighted by Gasteiger charge is 2.15. The minimum atomic E-state index is 0.639. The van der Waals surface area contributed by atoms with Crippen LogP contribution in [-0.2, 0) is 13.0 Å². The number of rotatable bonds is 6. The van der Waals surface area contributed by atoms with Crippen molar-refractivity contribution >= 4 is 11.9 Å². The SMILES string of the molecule is COc1ccc(CNc2nc3c(nc2-c2cccc(OC)c2)C=CC=CC3)cc1. The molecule has 3 aromatic rings. The zero-order valence-electron chi connectivity index (χ0n) is 16.6. The highest BCUT2D eigenvalue weighted by molar-refractivity contribution is 5.74. The molecule has 146 valence electrons. The molecular formula is C24H23N3O2. The third-order valence-corrected chi connectivity index (χ3v) is 4.77. The molecule has 0 aliphatic heterocycles. The summed E-state index contributed by atoms with van der Waals surface area (Å²) in [4.78, 5) is 9.84. The molecule has 5 nitrogen and oxygen atoms in total. The number of ether oxygens (including phenoxy) is 2. The molecule has 0 saturated heterocycles. The van der Waals surface area contributed by atoms with Crippen molar-refractivity contribution in [3.63, 3.8) is 0 Å². The van der Waals surface area contributed by atoms with E-state index < -0.39 is 0 Å². The van der Waals surface area contributed by atoms with Gasteiger partial charge in [0.05, 0.1) is 25.6 Å². The van der Waals surface area contributed by atoms with Crippen LogP contribution in [-0.4, -0.2) is 24.2 Å². The molecule has 0 saturated carbocycles. The topological polar surface area (TPSA) is 56.3 Å². The smallest absolute Gasteiger partial charge is 0.153 e. The van der Waals surface area contributed by atoms with E-state index in [4.69, 9.17) is 19.4 Å². The Balaban J connectivity index is 1.70. The van der Waals surface area contributed by atoms with Crippen molar-refractivity contribution in [1.82, 2.24) is 9.97 Å². The molecule has 29 heavy (non-hydrogen) atoms. The molecule has 2 aromatic carbocycles. The number of nitrogens with one attached hydrogen (secondary N) is 1. The van der Waals surface area contributed by atoms with Gasteiger partial charge in [-0.3, -0.25) is 0 Å². The van der Waals surface area contributed by atoms with Gasteiger partial charge < -0.3 is 14.8 Å². The predicted molar refractivity (Wildman–Crippen MR) is 116 cm³/mol. The van der Waals surface area contributed by atoms with Crippen LogP contribution in [0.15, 0.2) is 66.8 Å². The summed E-state index contributed by atoms with van der Waals surface area (Å²) in [7, 11) is 3.33. The maximum absolute atomic E-state index is 5.40. The van der Waals surface area contributed by atoms with E-state index in [0.29, 0.717) is 6.54 Å². The molecule has 0 atom stereocenters. The number of methoxy groups -OCH3 is 2. The van der Waals surface area contributed by atoms with E-state index in [2.05, 4.69) is 11.4 Å². The summed E-state index contributed by atoms with van der Waals surface area (Å²) >= 11 is 0. The fraction of sp³-hybridized carbons (Fsp3) is 0.167. The van der Waals surface area contributed by atoms with E-state index in [1.165, 1.54) is 0 Å². The first-order valence-electron chi connectivity index (χ1n) is 9.52. The van der Waals surface area contributed by atoms with E-state index >= 15 is 0 Å². The molecule has 1 aliphatic rings. The Kier molecular flexibility index (Phi) is 5.56. The molecule has 1 heterocycles. The van der Waals surface area contributed by atoms with Crippen LogP contribution in [0.2, 0.25) is 0 Å². The van der Waals surface area contributed by atoms with Gasteiger partial charge in [0, 0.05) is 18.5 Å². The second kappa shape index (κ2) is 8.61. The molecule has 1 aromatic heterocycles. The van der Waals surface area contributed by atoms with Crippen molar-refractivity contribution in [3.05, 3.63) is 83.7 Å². The zero-order chi connectivity index (χ0) is 20.1. The van der Waals surface area contributed by atoms with E-state index in [1.54, 1.807) is 14.2 Å². The summed E-state index contributed by atoms with van der Waals surface area (Å²) < 4.78 is 10.6. The predicted octanol–water partition coefficient (Wildman–Crippen LogP) is 4.90. The summed E-state index contributed by atoms with van der Waals surface area (Å²) in [5.41, 5.74) is 4.76. The summed E-state index contributed by atoms with van der Waals surface area (Å²) in [6.45, 7) is 0.639. The third kappa shape index (κ3) is 4.29. The Morgan fingerprint density at radius 1 is 0.931 bits per heavy atom. The Labute approximate surface area is 170 Å². The molecule has 0 bridgehead atoms. The van der Waals surface area contributed by atoms with Gasteiger partial charge in [0.25, 0.3) is 0 Å². The number of fused-ring (bicyclic) bond motifs is 1. The van der Waals surface area contributed by atoms with E-state index in [-0.39, 0.29) is 0 Å². The van der Waals surface area contributed by atoms with Crippen molar-refractivity contribution in [2.45, 2.75) is 13.0 Å². The summed E-state index contributed by atoms with van der Waals surface area (Å²) in [5, 5.41) is 3.47. The number of anilines is 1. The number of nitrogens with zero attached hydrogens (tertiary/aromatic N) is 2. The molecule has 5 heteroatoms. The second-order valence-corrected chi connectivity index (χ2v) is 6.68. The Morgan fingerprint density at radius 2 is 1.76 bits per heavy atom. The number of hydrogen-bond acceptors (Lipinski definition) is 5. The molecule has 0 spiro atoms. The lowest BCUT2D eigenvalue weighted by atomic mass is 10.1. The Morgan fingerprint density at radius 3 is 2.55 bits per heavy atom. The third-order valence-electron chi connectivity index (χ3n) is 4.77. The van der Waals surface area contributed by atoms with Crippen LogP contribution in [0, 0.1) is 0 Å². The zero-order valence-corrected chi connectivity index (χ0v) is 16.6. The molecule has 1 aliphatic carbocycles. The number of benzene rings is 2. The maximum atomic E-state index is 5.40. The van der Waals surface area contributed by atoms with Gasteiger partial charge in [-0.1, -0.05) is 42.5 Å². The van der Waals surface area contributed by atoms with Crippen molar-refractivity contribution < 1.29 is 9.47 Å². The minimum absolute atomic E-state index is 0.639. The van der Waals surface area contributed by atoms with Crippen LogP contribution >= 0.6 is 0 Å². The molecular weight excluding hydrogens is 362 g/mol. The van der Waals surface area contributed by atoms with Crippen LogP contribution in [0.1, 0.15) is 17.0 Å². The standard InChI is InChI=1S/C24H23N3O2/c1-28-19-13-11-17(12-14-19)16-25-24-23(18-7-6-8-20(15-18)29-2)26-21-9-4-3-5-10-22(21)27-24/h3-9,11-15H,10,16H2,1-2H3,(H,25,27). The number of hydrogen-bond donors (Lipinski definition) is 1. The van der Waals surface area contributed by atoms with Gasteiger partial charge >= 0.3 is 0 Å². The second-order valence-electron chi connectivity index (χ2n) is 6.68. The van der Waals surface area contributed by atoms with Crippen molar-refractivity contribution in [3.8, 4) is 22.8 Å². The van der Waals surface area contributed by atoms with Gasteiger partial charge in [0.2, 0.25) is 0 Å². The van der Waals surface area contributed by atoms with E-state index in [0.717, 1.165) is 51.9 Å². The fourth-order valence-electron chi connectivity index (χ4n) is 3.20. The molecule has 1 N–H and O–H groups in total. The normalized spacial score (nSPS) is 12.2. The van der Waals surface area contributed by atoms with Crippen LogP contribution < -0.4 is 14.8 Å². The largest absolute Gasteiger partial charge is 0.497 e. The van der Waals surface area contributed by atoms with Crippen LogP contribution in [0.3, 0.4) is 0 Å². The average molecular weight is 385 g/mol. The lowest BCUT2D eigenvalue weighted by Gasteiger charge is -2.15. The van der Waals surface area contributed by atoms with Crippen molar-refractivity contribution in [1.29, 1.82) is 0 Å².